The third-order valence-corrected chi connectivity index (χ3v) is 4.70. The molecule has 0 unspecified atom stereocenters. The third kappa shape index (κ3) is 3.16. The molecule has 1 amide bonds. The molecule has 2 N–H and O–H groups in total. The van der Waals surface area contributed by atoms with Crippen LogP contribution in [-0.4, -0.2) is 30.6 Å². The van der Waals surface area contributed by atoms with Gasteiger partial charge in [-0.1, -0.05) is 11.6 Å². The van der Waals surface area contributed by atoms with E-state index in [1.54, 1.807) is 18.2 Å². The second-order valence-corrected chi connectivity index (χ2v) is 6.55. The number of aromatic nitrogens is 1. The molecule has 4 rings (SSSR count). The predicted molar refractivity (Wildman–Crippen MR) is 95.1 cm³/mol. The number of ether oxygens (including phenoxy) is 1. The van der Waals surface area contributed by atoms with Gasteiger partial charge in [-0.25, -0.2) is 8.78 Å². The van der Waals surface area contributed by atoms with E-state index in [0.717, 1.165) is 12.1 Å². The number of nitrogens with one attached hydrogen (secondary N) is 2. The number of benzene rings is 2. The maximum Gasteiger partial charge on any atom is 0.296 e. The first-order chi connectivity index (χ1) is 13.0. The van der Waals surface area contributed by atoms with Crippen LogP contribution in [0.5, 0.6) is 5.75 Å². The van der Waals surface area contributed by atoms with E-state index in [1.165, 1.54) is 7.11 Å². The van der Waals surface area contributed by atoms with Crippen molar-refractivity contribution < 1.29 is 22.7 Å². The quantitative estimate of drug-likeness (QED) is 0.710. The van der Waals surface area contributed by atoms with E-state index in [4.69, 9.17) is 20.8 Å². The van der Waals surface area contributed by atoms with Crippen LogP contribution in [0.25, 0.3) is 11.1 Å². The Kier molecular flexibility index (Phi) is 4.35. The van der Waals surface area contributed by atoms with Crippen LogP contribution in [-0.2, 0) is 4.79 Å². The highest BCUT2D eigenvalue weighted by molar-refractivity contribution is 6.31. The van der Waals surface area contributed by atoms with Gasteiger partial charge in [-0.15, -0.1) is 0 Å². The van der Waals surface area contributed by atoms with Crippen LogP contribution in [0.3, 0.4) is 0 Å². The summed E-state index contributed by atoms with van der Waals surface area (Å²) in [6, 6.07) is 6.19. The van der Waals surface area contributed by atoms with Gasteiger partial charge in [0.1, 0.15) is 28.9 Å². The summed E-state index contributed by atoms with van der Waals surface area (Å²) in [5.74, 6) is -2.71. The summed E-state index contributed by atoms with van der Waals surface area (Å²) in [6.45, 7) is 0.0721. The lowest BCUT2D eigenvalue weighted by Gasteiger charge is -2.19. The Morgan fingerprint density at radius 3 is 2.74 bits per heavy atom. The number of halogens is 3. The maximum atomic E-state index is 14.5. The fourth-order valence-corrected chi connectivity index (χ4v) is 3.34. The Morgan fingerprint density at radius 1 is 1.30 bits per heavy atom. The molecule has 0 bridgehead atoms. The highest BCUT2D eigenvalue weighted by Crippen LogP contribution is 2.33. The smallest absolute Gasteiger partial charge is 0.296 e. The average molecular weight is 394 g/mol. The SMILES string of the molecule is COc1cc(F)c([C@@H]2CNC(=O)[C@H]2Nc2nc3ccc(Cl)cc3o2)c(F)c1. The average Bonchev–Trinajstić information content (AvgIpc) is 3.18. The first-order valence-electron chi connectivity index (χ1n) is 8.09. The van der Waals surface area contributed by atoms with Crippen LogP contribution in [0.4, 0.5) is 14.8 Å². The maximum absolute atomic E-state index is 14.5. The summed E-state index contributed by atoms with van der Waals surface area (Å²) in [5, 5.41) is 5.92. The minimum atomic E-state index is -0.953. The van der Waals surface area contributed by atoms with E-state index in [2.05, 4.69) is 15.6 Å². The minimum absolute atomic E-state index is 0.0615. The van der Waals surface area contributed by atoms with Crippen molar-refractivity contribution in [3.05, 3.63) is 52.6 Å². The highest BCUT2D eigenvalue weighted by atomic mass is 35.5. The zero-order chi connectivity index (χ0) is 19.1. The van der Waals surface area contributed by atoms with Crippen molar-refractivity contribution >= 4 is 34.6 Å². The van der Waals surface area contributed by atoms with Crippen molar-refractivity contribution in [3.8, 4) is 5.75 Å². The van der Waals surface area contributed by atoms with Gasteiger partial charge in [0.2, 0.25) is 5.91 Å². The van der Waals surface area contributed by atoms with Gasteiger partial charge >= 0.3 is 0 Å². The number of methoxy groups -OCH3 is 1. The van der Waals surface area contributed by atoms with Gasteiger partial charge in [0.25, 0.3) is 6.01 Å². The van der Waals surface area contributed by atoms with Crippen molar-refractivity contribution in [2.75, 3.05) is 19.0 Å². The number of hydrogen-bond donors (Lipinski definition) is 2. The zero-order valence-corrected chi connectivity index (χ0v) is 14.8. The molecule has 0 spiro atoms. The van der Waals surface area contributed by atoms with E-state index in [-0.39, 0.29) is 23.9 Å². The standard InChI is InChI=1S/C18H14ClF2N3O3/c1-26-9-5-11(20)15(12(21)6-9)10-7-22-17(25)16(10)24-18-23-13-3-2-8(19)4-14(13)27-18/h2-6,10,16H,7H2,1H3,(H,22,25)(H,23,24)/t10-,16-/m0/s1. The number of amides is 1. The number of hydrogen-bond acceptors (Lipinski definition) is 5. The largest absolute Gasteiger partial charge is 0.497 e. The lowest BCUT2D eigenvalue weighted by molar-refractivity contribution is -0.119. The topological polar surface area (TPSA) is 76.4 Å². The second kappa shape index (κ2) is 6.70. The number of rotatable bonds is 4. The Labute approximate surface area is 157 Å². The summed E-state index contributed by atoms with van der Waals surface area (Å²) < 4.78 is 39.3. The van der Waals surface area contributed by atoms with Crippen molar-refractivity contribution in [3.63, 3.8) is 0 Å². The molecule has 2 aromatic carbocycles. The number of carbonyl (C=O) groups is 1. The van der Waals surface area contributed by atoms with Crippen molar-refractivity contribution in [1.29, 1.82) is 0 Å². The van der Waals surface area contributed by atoms with Crippen LogP contribution in [0, 0.1) is 11.6 Å². The number of fused-ring (bicyclic) bond motifs is 1. The zero-order valence-electron chi connectivity index (χ0n) is 14.1. The van der Waals surface area contributed by atoms with Crippen LogP contribution >= 0.6 is 11.6 Å². The lowest BCUT2D eigenvalue weighted by atomic mass is 9.93. The molecule has 1 fully saturated rings. The van der Waals surface area contributed by atoms with E-state index in [0.29, 0.717) is 16.1 Å². The van der Waals surface area contributed by atoms with Gasteiger partial charge < -0.3 is 19.8 Å². The molecule has 6 nitrogen and oxygen atoms in total. The summed E-state index contributed by atoms with van der Waals surface area (Å²) in [5.41, 5.74) is 0.770. The molecule has 1 aromatic heterocycles. The highest BCUT2D eigenvalue weighted by Gasteiger charge is 2.39. The second-order valence-electron chi connectivity index (χ2n) is 6.11. The monoisotopic (exact) mass is 393 g/mol. The minimum Gasteiger partial charge on any atom is -0.497 e. The van der Waals surface area contributed by atoms with Gasteiger partial charge in [-0.05, 0) is 12.1 Å². The summed E-state index contributed by atoms with van der Waals surface area (Å²) >= 11 is 5.92. The lowest BCUT2D eigenvalue weighted by Crippen LogP contribution is -2.33. The fraction of sp³-hybridized carbons (Fsp3) is 0.222. The number of carbonyl (C=O) groups excluding carboxylic acids is 1. The molecule has 1 aliphatic heterocycles. The molecule has 3 aromatic rings. The van der Waals surface area contributed by atoms with Crippen molar-refractivity contribution in [2.45, 2.75) is 12.0 Å². The Bertz CT molecular complexity index is 1020. The van der Waals surface area contributed by atoms with Gasteiger partial charge in [0.05, 0.1) is 7.11 Å². The molecule has 27 heavy (non-hydrogen) atoms. The summed E-state index contributed by atoms with van der Waals surface area (Å²) in [6.07, 6.45) is 0. The Hall–Kier alpha value is -2.87. The third-order valence-electron chi connectivity index (χ3n) is 4.47. The molecule has 0 radical (unpaired) electrons. The van der Waals surface area contributed by atoms with Gasteiger partial charge in [0.15, 0.2) is 5.58 Å². The molecule has 0 aliphatic carbocycles. The molecule has 0 saturated carbocycles. The van der Waals surface area contributed by atoms with Crippen LogP contribution in [0.1, 0.15) is 11.5 Å². The predicted octanol–water partition coefficient (Wildman–Crippen LogP) is 3.46. The van der Waals surface area contributed by atoms with Crippen LogP contribution in [0.2, 0.25) is 5.02 Å². The Balaban J connectivity index is 1.67. The summed E-state index contributed by atoms with van der Waals surface area (Å²) in [4.78, 5) is 16.5. The van der Waals surface area contributed by atoms with Gasteiger partial charge in [-0.2, -0.15) is 4.98 Å². The molecular weight excluding hydrogens is 380 g/mol. The van der Waals surface area contributed by atoms with E-state index >= 15 is 0 Å². The molecule has 1 saturated heterocycles. The number of anilines is 1. The normalized spacial score (nSPS) is 19.3. The van der Waals surface area contributed by atoms with Crippen LogP contribution in [0.15, 0.2) is 34.7 Å². The first kappa shape index (κ1) is 17.5. The van der Waals surface area contributed by atoms with Gasteiger partial charge in [0, 0.05) is 41.2 Å². The first-order valence-corrected chi connectivity index (χ1v) is 8.47. The molecule has 1 aliphatic rings. The van der Waals surface area contributed by atoms with Crippen molar-refractivity contribution in [1.82, 2.24) is 10.3 Å². The Morgan fingerprint density at radius 2 is 2.04 bits per heavy atom. The number of oxazole rings is 1. The molecule has 9 heteroatoms. The van der Waals surface area contributed by atoms with Crippen LogP contribution < -0.4 is 15.4 Å². The van der Waals surface area contributed by atoms with E-state index < -0.39 is 29.5 Å². The number of nitrogens with zero attached hydrogens (tertiary/aromatic N) is 1. The molecule has 2 heterocycles. The summed E-state index contributed by atoms with van der Waals surface area (Å²) in [7, 11) is 1.32. The molecule has 140 valence electrons. The van der Waals surface area contributed by atoms with Crippen molar-refractivity contribution in [2.24, 2.45) is 0 Å². The fourth-order valence-electron chi connectivity index (χ4n) is 3.18. The van der Waals surface area contributed by atoms with Gasteiger partial charge in [-0.3, -0.25) is 4.79 Å². The molecule has 2 atom stereocenters. The van der Waals surface area contributed by atoms with E-state index in [1.807, 2.05) is 0 Å². The molecular formula is C18H14ClF2N3O3. The van der Waals surface area contributed by atoms with E-state index in [9.17, 15) is 13.6 Å².